The number of benzene rings is 2. The van der Waals surface area contributed by atoms with E-state index in [0.717, 1.165) is 29.5 Å². The molecule has 4 heteroatoms. The highest BCUT2D eigenvalue weighted by molar-refractivity contribution is 6.31. The second kappa shape index (κ2) is 5.08. The molecular weight excluding hydrogens is 282 g/mol. The van der Waals surface area contributed by atoms with Crippen LogP contribution in [0.3, 0.4) is 0 Å². The summed E-state index contributed by atoms with van der Waals surface area (Å²) in [5, 5.41) is 7.62. The first kappa shape index (κ1) is 12.7. The molecule has 2 aliphatic rings. The van der Waals surface area contributed by atoms with Crippen molar-refractivity contribution in [2.24, 2.45) is 4.99 Å². The normalized spacial score (nSPS) is 19.3. The van der Waals surface area contributed by atoms with E-state index in [4.69, 9.17) is 11.6 Å². The number of aryl methyl sites for hydroxylation is 1. The molecule has 4 rings (SSSR count). The molecule has 0 radical (unpaired) electrons. The lowest BCUT2D eigenvalue weighted by molar-refractivity contribution is 0.636. The smallest absolute Gasteiger partial charge is 0.196 e. The molecule has 2 N–H and O–H groups in total. The fraction of sp³-hybridized carbons (Fsp3) is 0.235. The Morgan fingerprint density at radius 1 is 1.14 bits per heavy atom. The van der Waals surface area contributed by atoms with Gasteiger partial charge in [-0.15, -0.1) is 0 Å². The van der Waals surface area contributed by atoms with Crippen LogP contribution in [0.4, 0.5) is 5.69 Å². The fourth-order valence-electron chi connectivity index (χ4n) is 3.09. The van der Waals surface area contributed by atoms with Crippen LogP contribution in [-0.2, 0) is 13.0 Å². The van der Waals surface area contributed by atoms with Crippen molar-refractivity contribution in [3.63, 3.8) is 0 Å². The zero-order valence-electron chi connectivity index (χ0n) is 11.6. The quantitative estimate of drug-likeness (QED) is 0.837. The number of fused-ring (bicyclic) bond motifs is 2. The highest BCUT2D eigenvalue weighted by Crippen LogP contribution is 2.31. The van der Waals surface area contributed by atoms with E-state index in [9.17, 15) is 0 Å². The Morgan fingerprint density at radius 3 is 3.00 bits per heavy atom. The van der Waals surface area contributed by atoms with Crippen LogP contribution in [-0.4, -0.2) is 5.96 Å². The maximum absolute atomic E-state index is 6.06. The summed E-state index contributed by atoms with van der Waals surface area (Å²) in [5.74, 6) is 0.839. The lowest BCUT2D eigenvalue weighted by Gasteiger charge is -2.23. The number of anilines is 1. The Hall–Kier alpha value is -2.00. The lowest BCUT2D eigenvalue weighted by atomic mass is 10.1. The van der Waals surface area contributed by atoms with E-state index >= 15 is 0 Å². The maximum atomic E-state index is 6.06. The lowest BCUT2D eigenvalue weighted by Crippen LogP contribution is -2.35. The summed E-state index contributed by atoms with van der Waals surface area (Å²) in [7, 11) is 0. The van der Waals surface area contributed by atoms with Crippen LogP contribution in [0.5, 0.6) is 0 Å². The number of aliphatic imine (C=N–C) groups is 1. The Morgan fingerprint density at radius 2 is 2.05 bits per heavy atom. The largest absolute Gasteiger partial charge is 0.349 e. The first-order chi connectivity index (χ1) is 10.3. The molecule has 0 bridgehead atoms. The van der Waals surface area contributed by atoms with E-state index in [1.54, 1.807) is 0 Å². The van der Waals surface area contributed by atoms with Gasteiger partial charge < -0.3 is 10.6 Å². The van der Waals surface area contributed by atoms with Crippen LogP contribution in [0.15, 0.2) is 47.5 Å². The van der Waals surface area contributed by atoms with Gasteiger partial charge in [0, 0.05) is 10.7 Å². The number of nitrogens with zero attached hydrogens (tertiary/aromatic N) is 1. The predicted octanol–water partition coefficient (Wildman–Crippen LogP) is 3.90. The number of rotatable bonds is 1. The first-order valence-electron chi connectivity index (χ1n) is 7.24. The molecule has 0 spiro atoms. The summed E-state index contributed by atoms with van der Waals surface area (Å²) >= 11 is 6.06. The number of halogens is 1. The van der Waals surface area contributed by atoms with Crippen molar-refractivity contribution in [2.45, 2.75) is 25.4 Å². The molecule has 0 saturated carbocycles. The SMILES string of the molecule is Clc1ccc2c(c1)NC(NC1CCc3ccccc31)=NC2. The molecule has 1 unspecified atom stereocenters. The van der Waals surface area contributed by atoms with Crippen molar-refractivity contribution in [1.82, 2.24) is 5.32 Å². The maximum Gasteiger partial charge on any atom is 0.196 e. The Bertz CT molecular complexity index is 724. The van der Waals surface area contributed by atoms with Gasteiger partial charge >= 0.3 is 0 Å². The van der Waals surface area contributed by atoms with Gasteiger partial charge in [0.05, 0.1) is 12.6 Å². The van der Waals surface area contributed by atoms with Crippen molar-refractivity contribution in [2.75, 3.05) is 5.32 Å². The van der Waals surface area contributed by atoms with Crippen LogP contribution >= 0.6 is 11.6 Å². The molecule has 0 saturated heterocycles. The van der Waals surface area contributed by atoms with Crippen LogP contribution in [0.1, 0.15) is 29.2 Å². The van der Waals surface area contributed by atoms with Crippen LogP contribution in [0, 0.1) is 0 Å². The summed E-state index contributed by atoms with van der Waals surface area (Å²) in [5.41, 5.74) is 5.05. The highest BCUT2D eigenvalue weighted by Gasteiger charge is 2.23. The monoisotopic (exact) mass is 297 g/mol. The summed E-state index contributed by atoms with van der Waals surface area (Å²) < 4.78 is 0. The molecule has 106 valence electrons. The van der Waals surface area contributed by atoms with Crippen molar-refractivity contribution >= 4 is 23.2 Å². The van der Waals surface area contributed by atoms with Crippen LogP contribution in [0.2, 0.25) is 5.02 Å². The van der Waals surface area contributed by atoms with E-state index in [1.807, 2.05) is 18.2 Å². The third-order valence-electron chi connectivity index (χ3n) is 4.18. The molecule has 2 aromatic rings. The van der Waals surface area contributed by atoms with E-state index in [0.29, 0.717) is 12.6 Å². The molecular formula is C17H16ClN3. The average Bonchev–Trinajstić information content (AvgIpc) is 2.90. The van der Waals surface area contributed by atoms with Crippen molar-refractivity contribution in [3.05, 3.63) is 64.2 Å². The Labute approximate surface area is 129 Å². The minimum absolute atomic E-state index is 0.341. The van der Waals surface area contributed by atoms with Crippen LogP contribution < -0.4 is 10.6 Å². The molecule has 1 atom stereocenters. The second-order valence-electron chi connectivity index (χ2n) is 5.53. The summed E-state index contributed by atoms with van der Waals surface area (Å²) in [6.45, 7) is 0.691. The number of guanidine groups is 1. The summed E-state index contributed by atoms with van der Waals surface area (Å²) in [4.78, 5) is 4.59. The van der Waals surface area contributed by atoms with Crippen molar-refractivity contribution in [3.8, 4) is 0 Å². The molecule has 0 fully saturated rings. The second-order valence-corrected chi connectivity index (χ2v) is 5.96. The number of hydrogen-bond donors (Lipinski definition) is 2. The zero-order valence-corrected chi connectivity index (χ0v) is 12.3. The van der Waals surface area contributed by atoms with E-state index < -0.39 is 0 Å². The van der Waals surface area contributed by atoms with Gasteiger partial charge in [-0.3, -0.25) is 0 Å². The van der Waals surface area contributed by atoms with Gasteiger partial charge in [0.25, 0.3) is 0 Å². The zero-order chi connectivity index (χ0) is 14.2. The van der Waals surface area contributed by atoms with Gasteiger partial charge in [-0.05, 0) is 41.7 Å². The highest BCUT2D eigenvalue weighted by atomic mass is 35.5. The van der Waals surface area contributed by atoms with Gasteiger partial charge in [-0.1, -0.05) is 41.9 Å². The van der Waals surface area contributed by atoms with Crippen molar-refractivity contribution in [1.29, 1.82) is 0 Å². The Balaban J connectivity index is 1.53. The number of hydrogen-bond acceptors (Lipinski definition) is 3. The van der Waals surface area contributed by atoms with Gasteiger partial charge in [0.2, 0.25) is 0 Å². The molecule has 1 heterocycles. The third kappa shape index (κ3) is 2.38. The molecule has 3 nitrogen and oxygen atoms in total. The first-order valence-corrected chi connectivity index (χ1v) is 7.61. The van der Waals surface area contributed by atoms with E-state index in [2.05, 4.69) is 39.9 Å². The topological polar surface area (TPSA) is 36.4 Å². The van der Waals surface area contributed by atoms with Crippen LogP contribution in [0.25, 0.3) is 0 Å². The van der Waals surface area contributed by atoms with Gasteiger partial charge in [0.15, 0.2) is 5.96 Å². The molecule has 21 heavy (non-hydrogen) atoms. The minimum Gasteiger partial charge on any atom is -0.349 e. The molecule has 2 aromatic carbocycles. The standard InChI is InChI=1S/C17H16ClN3/c18-13-7-5-12-10-19-17(21-16(12)9-13)20-15-8-6-11-3-1-2-4-14(11)15/h1-5,7,9,15H,6,8,10H2,(H2,19,20,21). The van der Waals surface area contributed by atoms with Gasteiger partial charge in [-0.25, -0.2) is 4.99 Å². The Kier molecular flexibility index (Phi) is 3.08. The average molecular weight is 298 g/mol. The number of nitrogens with one attached hydrogen (secondary N) is 2. The molecule has 0 amide bonds. The minimum atomic E-state index is 0.341. The molecule has 1 aliphatic carbocycles. The van der Waals surface area contributed by atoms with Gasteiger partial charge in [-0.2, -0.15) is 0 Å². The van der Waals surface area contributed by atoms with Gasteiger partial charge in [0.1, 0.15) is 0 Å². The molecule has 1 aliphatic heterocycles. The summed E-state index contributed by atoms with van der Waals surface area (Å²) in [6, 6.07) is 14.8. The van der Waals surface area contributed by atoms with E-state index in [-0.39, 0.29) is 0 Å². The summed E-state index contributed by atoms with van der Waals surface area (Å²) in [6.07, 6.45) is 2.24. The third-order valence-corrected chi connectivity index (χ3v) is 4.41. The van der Waals surface area contributed by atoms with Crippen molar-refractivity contribution < 1.29 is 0 Å². The van der Waals surface area contributed by atoms with E-state index in [1.165, 1.54) is 16.7 Å². The fourth-order valence-corrected chi connectivity index (χ4v) is 3.26. The molecule has 0 aromatic heterocycles. The predicted molar refractivity (Wildman–Crippen MR) is 86.9 cm³/mol.